The van der Waals surface area contributed by atoms with Crippen molar-refractivity contribution in [3.8, 4) is 28.4 Å². The molecule has 4 rings (SSSR count). The molecular weight excluding hydrogens is 419 g/mol. The molecule has 0 aliphatic heterocycles. The highest BCUT2D eigenvalue weighted by molar-refractivity contribution is 5.96. The normalized spacial score (nSPS) is 11.0. The van der Waals surface area contributed by atoms with Gasteiger partial charge in [0.2, 0.25) is 0 Å². The average Bonchev–Trinajstić information content (AvgIpc) is 2.83. The predicted octanol–water partition coefficient (Wildman–Crippen LogP) is 7.02. The van der Waals surface area contributed by atoms with E-state index in [0.29, 0.717) is 18.1 Å². The van der Waals surface area contributed by atoms with E-state index in [1.807, 2.05) is 60.7 Å². The number of halogens is 1. The fourth-order valence-corrected chi connectivity index (χ4v) is 3.52. The van der Waals surface area contributed by atoms with Crippen molar-refractivity contribution in [2.75, 3.05) is 13.7 Å². The van der Waals surface area contributed by atoms with Crippen molar-refractivity contribution in [1.82, 2.24) is 0 Å². The summed E-state index contributed by atoms with van der Waals surface area (Å²) in [5, 5.41) is 1.82. The van der Waals surface area contributed by atoms with Crippen LogP contribution in [0.3, 0.4) is 0 Å². The fraction of sp³-hybridized carbons (Fsp3) is 0.107. The number of benzene rings is 4. The lowest BCUT2D eigenvalue weighted by Gasteiger charge is -2.15. The van der Waals surface area contributed by atoms with Gasteiger partial charge in [0.05, 0.1) is 13.7 Å². The molecule has 0 aliphatic carbocycles. The summed E-state index contributed by atoms with van der Waals surface area (Å²) < 4.78 is 30.5. The minimum Gasteiger partial charge on any atom is -0.497 e. The van der Waals surface area contributed by atoms with Crippen molar-refractivity contribution in [2.45, 2.75) is 6.92 Å². The van der Waals surface area contributed by atoms with Crippen molar-refractivity contribution in [3.63, 3.8) is 0 Å². The quantitative estimate of drug-likeness (QED) is 0.228. The summed E-state index contributed by atoms with van der Waals surface area (Å²) in [5.74, 6) is 1.28. The zero-order valence-corrected chi connectivity index (χ0v) is 18.4. The SMILES string of the molecule is CCOC(=O)C=Cc1ccc(Oc2c(-c3cccc(F)c3)ccc3cc(OC)ccc23)cc1. The summed E-state index contributed by atoms with van der Waals surface area (Å²) in [6.45, 7) is 2.10. The molecule has 33 heavy (non-hydrogen) atoms. The summed E-state index contributed by atoms with van der Waals surface area (Å²) in [7, 11) is 1.62. The third kappa shape index (κ3) is 5.21. The van der Waals surface area contributed by atoms with Crippen LogP contribution in [-0.2, 0) is 9.53 Å². The van der Waals surface area contributed by atoms with E-state index in [-0.39, 0.29) is 11.8 Å². The lowest BCUT2D eigenvalue weighted by molar-refractivity contribution is -0.137. The van der Waals surface area contributed by atoms with E-state index in [4.69, 9.17) is 14.2 Å². The van der Waals surface area contributed by atoms with Crippen molar-refractivity contribution < 1.29 is 23.4 Å². The number of hydrogen-bond acceptors (Lipinski definition) is 4. The summed E-state index contributed by atoms with van der Waals surface area (Å²) in [6.07, 6.45) is 3.07. The van der Waals surface area contributed by atoms with E-state index >= 15 is 0 Å². The Balaban J connectivity index is 1.72. The summed E-state index contributed by atoms with van der Waals surface area (Å²) in [6, 6.07) is 23.4. The van der Waals surface area contributed by atoms with Gasteiger partial charge in [-0.3, -0.25) is 0 Å². The molecule has 0 amide bonds. The van der Waals surface area contributed by atoms with Gasteiger partial charge in [0, 0.05) is 17.0 Å². The van der Waals surface area contributed by atoms with Crippen LogP contribution in [0.2, 0.25) is 0 Å². The van der Waals surface area contributed by atoms with Gasteiger partial charge in [-0.15, -0.1) is 0 Å². The van der Waals surface area contributed by atoms with Gasteiger partial charge < -0.3 is 14.2 Å². The first-order valence-corrected chi connectivity index (χ1v) is 10.6. The number of rotatable bonds is 7. The van der Waals surface area contributed by atoms with Gasteiger partial charge in [-0.1, -0.05) is 30.3 Å². The molecule has 0 bridgehead atoms. The van der Waals surface area contributed by atoms with Gasteiger partial charge in [-0.25, -0.2) is 9.18 Å². The lowest BCUT2D eigenvalue weighted by atomic mass is 9.99. The topological polar surface area (TPSA) is 44.8 Å². The Labute approximate surface area is 191 Å². The average molecular weight is 442 g/mol. The predicted molar refractivity (Wildman–Crippen MR) is 128 cm³/mol. The van der Waals surface area contributed by atoms with Crippen molar-refractivity contribution in [1.29, 1.82) is 0 Å². The van der Waals surface area contributed by atoms with Crippen LogP contribution in [-0.4, -0.2) is 19.7 Å². The molecule has 4 nitrogen and oxygen atoms in total. The molecule has 4 aromatic rings. The number of hydrogen-bond donors (Lipinski definition) is 0. The van der Waals surface area contributed by atoms with E-state index in [9.17, 15) is 9.18 Å². The van der Waals surface area contributed by atoms with Crippen molar-refractivity contribution >= 4 is 22.8 Å². The van der Waals surface area contributed by atoms with E-state index in [1.54, 1.807) is 26.2 Å². The Kier molecular flexibility index (Phi) is 6.69. The van der Waals surface area contributed by atoms with Crippen LogP contribution in [0.15, 0.2) is 84.9 Å². The molecule has 0 heterocycles. The third-order valence-corrected chi connectivity index (χ3v) is 5.11. The summed E-state index contributed by atoms with van der Waals surface area (Å²) in [5.41, 5.74) is 2.33. The van der Waals surface area contributed by atoms with Gasteiger partial charge in [0.1, 0.15) is 23.1 Å². The molecule has 0 spiro atoms. The Bertz CT molecular complexity index is 1310. The highest BCUT2D eigenvalue weighted by atomic mass is 19.1. The maximum absolute atomic E-state index is 13.9. The van der Waals surface area contributed by atoms with Crippen LogP contribution in [0.5, 0.6) is 17.2 Å². The maximum atomic E-state index is 13.9. The molecule has 4 aromatic carbocycles. The molecule has 166 valence electrons. The molecule has 0 aliphatic rings. The maximum Gasteiger partial charge on any atom is 0.330 e. The Morgan fingerprint density at radius 2 is 1.73 bits per heavy atom. The largest absolute Gasteiger partial charge is 0.497 e. The van der Waals surface area contributed by atoms with Crippen molar-refractivity contribution in [2.24, 2.45) is 0 Å². The summed E-state index contributed by atoms with van der Waals surface area (Å²) in [4.78, 5) is 11.5. The smallest absolute Gasteiger partial charge is 0.330 e. The van der Waals surface area contributed by atoms with Crippen molar-refractivity contribution in [3.05, 3.63) is 96.3 Å². The van der Waals surface area contributed by atoms with Gasteiger partial charge in [-0.05, 0) is 78.0 Å². The second-order valence-corrected chi connectivity index (χ2v) is 7.30. The number of carbonyl (C=O) groups is 1. The zero-order valence-electron chi connectivity index (χ0n) is 18.4. The van der Waals surface area contributed by atoms with E-state index in [0.717, 1.165) is 33.2 Å². The van der Waals surface area contributed by atoms with Crippen LogP contribution in [0.25, 0.3) is 28.0 Å². The third-order valence-electron chi connectivity index (χ3n) is 5.11. The van der Waals surface area contributed by atoms with Gasteiger partial charge in [0.15, 0.2) is 0 Å². The molecule has 0 aromatic heterocycles. The second kappa shape index (κ2) is 10.0. The highest BCUT2D eigenvalue weighted by Crippen LogP contribution is 2.40. The Morgan fingerprint density at radius 3 is 2.45 bits per heavy atom. The lowest BCUT2D eigenvalue weighted by Crippen LogP contribution is -1.98. The minimum absolute atomic E-state index is 0.314. The van der Waals surface area contributed by atoms with E-state index in [2.05, 4.69) is 0 Å². The van der Waals surface area contributed by atoms with Gasteiger partial charge in [0.25, 0.3) is 0 Å². The molecule has 5 heteroatoms. The van der Waals surface area contributed by atoms with Crippen LogP contribution >= 0.6 is 0 Å². The zero-order chi connectivity index (χ0) is 23.2. The van der Waals surface area contributed by atoms with Crippen LogP contribution < -0.4 is 9.47 Å². The summed E-state index contributed by atoms with van der Waals surface area (Å²) >= 11 is 0. The molecule has 0 saturated carbocycles. The van der Waals surface area contributed by atoms with Crippen LogP contribution in [0, 0.1) is 5.82 Å². The Hall–Kier alpha value is -4.12. The molecule has 0 fully saturated rings. The molecule has 0 saturated heterocycles. The molecular formula is C28H23FO4. The highest BCUT2D eigenvalue weighted by Gasteiger charge is 2.14. The number of fused-ring (bicyclic) bond motifs is 1. The number of ether oxygens (including phenoxy) is 3. The monoisotopic (exact) mass is 442 g/mol. The molecule has 0 N–H and O–H groups in total. The first-order chi connectivity index (χ1) is 16.1. The number of esters is 1. The van der Waals surface area contributed by atoms with E-state index < -0.39 is 0 Å². The minimum atomic E-state index is -0.385. The first-order valence-electron chi connectivity index (χ1n) is 10.6. The van der Waals surface area contributed by atoms with Crippen LogP contribution in [0.1, 0.15) is 12.5 Å². The molecule has 0 radical (unpaired) electrons. The molecule has 0 unspecified atom stereocenters. The van der Waals surface area contributed by atoms with E-state index in [1.165, 1.54) is 18.2 Å². The molecule has 0 atom stereocenters. The van der Waals surface area contributed by atoms with Gasteiger partial charge >= 0.3 is 5.97 Å². The standard InChI is InChI=1S/C28H23FO4/c1-3-32-27(30)16-9-19-7-11-23(12-8-19)33-28-25(20-5-4-6-22(29)17-20)14-10-21-18-24(31-2)13-15-26(21)28/h4-18H,3H2,1-2H3. The second-order valence-electron chi connectivity index (χ2n) is 7.30. The van der Waals surface area contributed by atoms with Crippen LogP contribution in [0.4, 0.5) is 4.39 Å². The number of methoxy groups -OCH3 is 1. The Morgan fingerprint density at radius 1 is 0.939 bits per heavy atom. The van der Waals surface area contributed by atoms with Gasteiger partial charge in [-0.2, -0.15) is 0 Å². The fourth-order valence-electron chi connectivity index (χ4n) is 3.52. The number of carbonyl (C=O) groups excluding carboxylic acids is 1. The first kappa shape index (κ1) is 22.1.